The monoisotopic (exact) mass is 192 g/mol. The van der Waals surface area contributed by atoms with Gasteiger partial charge in [-0.2, -0.15) is 0 Å². The number of rotatable bonds is 1. The van der Waals surface area contributed by atoms with Crippen LogP contribution in [-0.4, -0.2) is 4.92 Å². The van der Waals surface area contributed by atoms with Gasteiger partial charge < -0.3 is 5.73 Å². The third kappa shape index (κ3) is 1.48. The van der Waals surface area contributed by atoms with Crippen LogP contribution in [0.1, 0.15) is 30.0 Å². The lowest BCUT2D eigenvalue weighted by atomic mass is 9.88. The molecule has 1 aromatic carbocycles. The number of nitrogens with zero attached hydrogens (tertiary/aromatic N) is 1. The van der Waals surface area contributed by atoms with E-state index >= 15 is 0 Å². The van der Waals surface area contributed by atoms with Crippen LogP contribution in [0, 0.1) is 10.1 Å². The number of nitro groups is 1. The third-order valence-electron chi connectivity index (χ3n) is 2.70. The van der Waals surface area contributed by atoms with E-state index < -0.39 is 0 Å². The van der Waals surface area contributed by atoms with Gasteiger partial charge in [0.15, 0.2) is 0 Å². The van der Waals surface area contributed by atoms with Gasteiger partial charge in [0.1, 0.15) is 0 Å². The Morgan fingerprint density at radius 3 is 3.00 bits per heavy atom. The molecule has 1 atom stereocenters. The Labute approximate surface area is 81.9 Å². The minimum absolute atomic E-state index is 0.0290. The summed E-state index contributed by atoms with van der Waals surface area (Å²) >= 11 is 0. The van der Waals surface area contributed by atoms with E-state index in [9.17, 15) is 10.1 Å². The predicted molar refractivity (Wildman–Crippen MR) is 53.0 cm³/mol. The van der Waals surface area contributed by atoms with Crippen LogP contribution in [0.25, 0.3) is 0 Å². The smallest absolute Gasteiger partial charge is 0.269 e. The molecule has 0 radical (unpaired) electrons. The zero-order valence-electron chi connectivity index (χ0n) is 7.77. The maximum absolute atomic E-state index is 10.6. The SMILES string of the molecule is N[C@H]1CCCc2ccc([N+](=O)[O-])cc21. The molecule has 1 aliphatic carbocycles. The van der Waals surface area contributed by atoms with Crippen molar-refractivity contribution >= 4 is 5.69 Å². The van der Waals surface area contributed by atoms with Crippen LogP contribution in [-0.2, 0) is 6.42 Å². The van der Waals surface area contributed by atoms with Crippen LogP contribution in [0.5, 0.6) is 0 Å². The number of nitro benzene ring substituents is 1. The van der Waals surface area contributed by atoms with Gasteiger partial charge in [-0.05, 0) is 30.4 Å². The first-order valence-corrected chi connectivity index (χ1v) is 4.71. The maximum Gasteiger partial charge on any atom is 0.269 e. The van der Waals surface area contributed by atoms with Crippen LogP contribution in [0.3, 0.4) is 0 Å². The molecule has 2 N–H and O–H groups in total. The Kier molecular flexibility index (Phi) is 2.21. The molecule has 4 nitrogen and oxygen atoms in total. The van der Waals surface area contributed by atoms with Gasteiger partial charge in [0.25, 0.3) is 5.69 Å². The highest BCUT2D eigenvalue weighted by atomic mass is 16.6. The van der Waals surface area contributed by atoms with Crippen molar-refractivity contribution in [2.45, 2.75) is 25.3 Å². The maximum atomic E-state index is 10.6. The van der Waals surface area contributed by atoms with E-state index in [1.165, 1.54) is 0 Å². The molecule has 0 aromatic heterocycles. The quantitative estimate of drug-likeness (QED) is 0.546. The Hall–Kier alpha value is -1.42. The molecule has 0 saturated heterocycles. The van der Waals surface area contributed by atoms with Gasteiger partial charge in [-0.15, -0.1) is 0 Å². The third-order valence-corrected chi connectivity index (χ3v) is 2.70. The summed E-state index contributed by atoms with van der Waals surface area (Å²) in [5.41, 5.74) is 8.14. The fraction of sp³-hybridized carbons (Fsp3) is 0.400. The molecular formula is C10H12N2O2. The van der Waals surface area contributed by atoms with E-state index in [0.717, 1.165) is 30.4 Å². The van der Waals surface area contributed by atoms with Crippen molar-refractivity contribution in [1.29, 1.82) is 0 Å². The Morgan fingerprint density at radius 2 is 2.29 bits per heavy atom. The molecule has 0 spiro atoms. The van der Waals surface area contributed by atoms with Crippen molar-refractivity contribution in [3.63, 3.8) is 0 Å². The molecule has 0 heterocycles. The Balaban J connectivity index is 2.45. The summed E-state index contributed by atoms with van der Waals surface area (Å²) in [6.07, 6.45) is 2.99. The summed E-state index contributed by atoms with van der Waals surface area (Å²) in [5.74, 6) is 0. The number of nitrogens with two attached hydrogens (primary N) is 1. The fourth-order valence-corrected chi connectivity index (χ4v) is 1.94. The minimum atomic E-state index is -0.373. The number of benzene rings is 1. The highest BCUT2D eigenvalue weighted by Crippen LogP contribution is 2.30. The van der Waals surface area contributed by atoms with Crippen molar-refractivity contribution < 1.29 is 4.92 Å². The molecule has 0 fully saturated rings. The highest BCUT2D eigenvalue weighted by molar-refractivity contribution is 5.42. The van der Waals surface area contributed by atoms with Crippen molar-refractivity contribution in [3.05, 3.63) is 39.4 Å². The Bertz CT molecular complexity index is 376. The Morgan fingerprint density at radius 1 is 1.50 bits per heavy atom. The second-order valence-corrected chi connectivity index (χ2v) is 3.64. The normalized spacial score (nSPS) is 20.2. The summed E-state index contributed by atoms with van der Waals surface area (Å²) in [6, 6.07) is 4.96. The van der Waals surface area contributed by atoms with E-state index in [4.69, 9.17) is 5.73 Å². The first-order valence-electron chi connectivity index (χ1n) is 4.71. The average molecular weight is 192 g/mol. The molecule has 4 heteroatoms. The van der Waals surface area contributed by atoms with Crippen LogP contribution >= 0.6 is 0 Å². The molecule has 14 heavy (non-hydrogen) atoms. The minimum Gasteiger partial charge on any atom is -0.324 e. The standard InChI is InChI=1S/C10H12N2O2/c11-10-3-1-2-7-4-5-8(12(13)14)6-9(7)10/h4-6,10H,1-3,11H2/t10-/m0/s1. The molecule has 0 amide bonds. The topological polar surface area (TPSA) is 69.2 Å². The van der Waals surface area contributed by atoms with Crippen molar-refractivity contribution in [2.75, 3.05) is 0 Å². The second kappa shape index (κ2) is 3.38. The van der Waals surface area contributed by atoms with Gasteiger partial charge in [0.05, 0.1) is 4.92 Å². The van der Waals surface area contributed by atoms with Gasteiger partial charge >= 0.3 is 0 Å². The number of fused-ring (bicyclic) bond motifs is 1. The van der Waals surface area contributed by atoms with Gasteiger partial charge in [-0.1, -0.05) is 6.07 Å². The first kappa shape index (κ1) is 9.15. The lowest BCUT2D eigenvalue weighted by Crippen LogP contribution is -2.17. The molecule has 1 aromatic rings. The number of aryl methyl sites for hydroxylation is 1. The zero-order valence-corrected chi connectivity index (χ0v) is 7.77. The van der Waals surface area contributed by atoms with Crippen LogP contribution < -0.4 is 5.73 Å². The number of hydrogen-bond acceptors (Lipinski definition) is 3. The van der Waals surface area contributed by atoms with Crippen molar-refractivity contribution in [2.24, 2.45) is 5.73 Å². The van der Waals surface area contributed by atoms with Crippen LogP contribution in [0.2, 0.25) is 0 Å². The van der Waals surface area contributed by atoms with Gasteiger partial charge in [0, 0.05) is 18.2 Å². The molecule has 1 aliphatic rings. The van der Waals surface area contributed by atoms with Crippen LogP contribution in [0.15, 0.2) is 18.2 Å². The molecule has 74 valence electrons. The summed E-state index contributed by atoms with van der Waals surface area (Å²) in [4.78, 5) is 10.2. The molecule has 0 unspecified atom stereocenters. The van der Waals surface area contributed by atoms with E-state index in [1.54, 1.807) is 12.1 Å². The van der Waals surface area contributed by atoms with E-state index in [1.807, 2.05) is 6.07 Å². The average Bonchev–Trinajstić information content (AvgIpc) is 2.18. The summed E-state index contributed by atoms with van der Waals surface area (Å²) in [6.45, 7) is 0. The van der Waals surface area contributed by atoms with E-state index in [0.29, 0.717) is 0 Å². The molecule has 0 aliphatic heterocycles. The molecule has 0 saturated carbocycles. The van der Waals surface area contributed by atoms with E-state index in [-0.39, 0.29) is 16.7 Å². The number of hydrogen-bond donors (Lipinski definition) is 1. The van der Waals surface area contributed by atoms with Crippen molar-refractivity contribution in [3.8, 4) is 0 Å². The summed E-state index contributed by atoms with van der Waals surface area (Å²) in [5, 5.41) is 10.6. The summed E-state index contributed by atoms with van der Waals surface area (Å²) in [7, 11) is 0. The molecule has 2 rings (SSSR count). The molecular weight excluding hydrogens is 180 g/mol. The van der Waals surface area contributed by atoms with Crippen LogP contribution in [0.4, 0.5) is 5.69 Å². The van der Waals surface area contributed by atoms with Crippen molar-refractivity contribution in [1.82, 2.24) is 0 Å². The van der Waals surface area contributed by atoms with Gasteiger partial charge in [-0.25, -0.2) is 0 Å². The predicted octanol–water partition coefficient (Wildman–Crippen LogP) is 1.93. The lowest BCUT2D eigenvalue weighted by Gasteiger charge is -2.21. The highest BCUT2D eigenvalue weighted by Gasteiger charge is 2.19. The number of non-ortho nitro benzene ring substituents is 1. The largest absolute Gasteiger partial charge is 0.324 e. The molecule has 0 bridgehead atoms. The zero-order chi connectivity index (χ0) is 10.1. The first-order chi connectivity index (χ1) is 6.68. The summed E-state index contributed by atoms with van der Waals surface area (Å²) < 4.78 is 0. The van der Waals surface area contributed by atoms with Gasteiger partial charge in [-0.3, -0.25) is 10.1 Å². The van der Waals surface area contributed by atoms with Gasteiger partial charge in [0.2, 0.25) is 0 Å². The second-order valence-electron chi connectivity index (χ2n) is 3.64. The fourth-order valence-electron chi connectivity index (χ4n) is 1.94. The lowest BCUT2D eigenvalue weighted by molar-refractivity contribution is -0.385. The van der Waals surface area contributed by atoms with E-state index in [2.05, 4.69) is 0 Å².